The van der Waals surface area contributed by atoms with Crippen LogP contribution >= 0.6 is 0 Å². The summed E-state index contributed by atoms with van der Waals surface area (Å²) in [4.78, 5) is 28.6. The number of carbonyl (C=O) groups excluding carboxylic acids is 2. The van der Waals surface area contributed by atoms with E-state index in [0.29, 0.717) is 18.6 Å². The van der Waals surface area contributed by atoms with Crippen LogP contribution in [0.1, 0.15) is 19.8 Å². The van der Waals surface area contributed by atoms with Gasteiger partial charge in [-0.1, -0.05) is 25.2 Å². The molecule has 2 amide bonds. The molecular formula is C11H13NO3. The van der Waals surface area contributed by atoms with Crippen LogP contribution in [0.4, 0.5) is 0 Å². The number of fused-ring (bicyclic) bond motifs is 1. The smallest absolute Gasteiger partial charge is 0.271 e. The highest BCUT2D eigenvalue weighted by Crippen LogP contribution is 2.31. The molecule has 0 aromatic heterocycles. The Balaban J connectivity index is 2.17. The Kier molecular flexibility index (Phi) is 2.68. The van der Waals surface area contributed by atoms with Crippen LogP contribution in [0.5, 0.6) is 0 Å². The zero-order valence-corrected chi connectivity index (χ0v) is 8.60. The molecule has 0 saturated carbocycles. The Morgan fingerprint density at radius 3 is 3.00 bits per heavy atom. The lowest BCUT2D eigenvalue weighted by atomic mass is 9.94. The number of nitrogens with zero attached hydrogens (tertiary/aromatic N) is 1. The van der Waals surface area contributed by atoms with Crippen molar-refractivity contribution in [3.8, 4) is 0 Å². The Hall–Kier alpha value is -1.42. The van der Waals surface area contributed by atoms with Crippen molar-refractivity contribution in [2.45, 2.75) is 19.8 Å². The van der Waals surface area contributed by atoms with E-state index in [-0.39, 0.29) is 17.7 Å². The fraction of sp³-hybridized carbons (Fsp3) is 0.455. The van der Waals surface area contributed by atoms with Crippen molar-refractivity contribution in [1.82, 2.24) is 5.06 Å². The van der Waals surface area contributed by atoms with E-state index in [9.17, 15) is 9.59 Å². The molecule has 4 nitrogen and oxygen atoms in total. The molecule has 1 fully saturated rings. The lowest BCUT2D eigenvalue weighted by Crippen LogP contribution is -2.31. The van der Waals surface area contributed by atoms with Gasteiger partial charge in [-0.25, -0.2) is 0 Å². The first kappa shape index (κ1) is 10.1. The van der Waals surface area contributed by atoms with Gasteiger partial charge in [-0.2, -0.15) is 0 Å². The second-order valence-electron chi connectivity index (χ2n) is 3.61. The fourth-order valence-electron chi connectivity index (χ4n) is 1.75. The van der Waals surface area contributed by atoms with Gasteiger partial charge in [-0.3, -0.25) is 14.4 Å². The Labute approximate surface area is 88.1 Å². The summed E-state index contributed by atoms with van der Waals surface area (Å²) in [5.74, 6) is -0.855. The molecular weight excluding hydrogens is 194 g/mol. The van der Waals surface area contributed by atoms with E-state index >= 15 is 0 Å². The number of hydrogen-bond donors (Lipinski definition) is 0. The van der Waals surface area contributed by atoms with Gasteiger partial charge in [-0.15, -0.1) is 5.06 Å². The molecule has 2 rings (SSSR count). The first-order chi connectivity index (χ1) is 7.25. The molecule has 1 heterocycles. The van der Waals surface area contributed by atoms with E-state index in [0.717, 1.165) is 11.5 Å². The SMILES string of the molecule is CCCON1C(=O)C2=CC=CCC2C1=O. The van der Waals surface area contributed by atoms with Crippen molar-refractivity contribution < 1.29 is 14.4 Å². The molecule has 0 radical (unpaired) electrons. The van der Waals surface area contributed by atoms with Gasteiger partial charge in [0.1, 0.15) is 0 Å². The van der Waals surface area contributed by atoms with E-state index in [2.05, 4.69) is 0 Å². The predicted octanol–water partition coefficient (Wildman–Crippen LogP) is 1.20. The van der Waals surface area contributed by atoms with Crippen LogP contribution in [0, 0.1) is 5.92 Å². The van der Waals surface area contributed by atoms with Crippen molar-refractivity contribution >= 4 is 11.8 Å². The third kappa shape index (κ3) is 1.61. The fourth-order valence-corrected chi connectivity index (χ4v) is 1.75. The van der Waals surface area contributed by atoms with E-state index < -0.39 is 0 Å². The van der Waals surface area contributed by atoms with E-state index in [1.54, 1.807) is 12.2 Å². The first-order valence-corrected chi connectivity index (χ1v) is 5.13. The molecule has 2 aliphatic rings. The van der Waals surface area contributed by atoms with Crippen molar-refractivity contribution in [2.75, 3.05) is 6.61 Å². The van der Waals surface area contributed by atoms with Crippen LogP contribution in [0.3, 0.4) is 0 Å². The van der Waals surface area contributed by atoms with Crippen LogP contribution in [-0.2, 0) is 14.4 Å². The number of hydroxylamine groups is 2. The normalized spacial score (nSPS) is 24.5. The molecule has 0 spiro atoms. The topological polar surface area (TPSA) is 46.6 Å². The van der Waals surface area contributed by atoms with Gasteiger partial charge in [0.05, 0.1) is 12.5 Å². The van der Waals surface area contributed by atoms with Crippen LogP contribution in [0.2, 0.25) is 0 Å². The van der Waals surface area contributed by atoms with Crippen molar-refractivity contribution in [2.24, 2.45) is 5.92 Å². The third-order valence-corrected chi connectivity index (χ3v) is 2.51. The summed E-state index contributed by atoms with van der Waals surface area (Å²) in [7, 11) is 0. The van der Waals surface area contributed by atoms with Crippen LogP contribution in [0.25, 0.3) is 0 Å². The third-order valence-electron chi connectivity index (χ3n) is 2.51. The minimum Gasteiger partial charge on any atom is -0.271 e. The zero-order valence-electron chi connectivity index (χ0n) is 8.60. The number of allylic oxidation sites excluding steroid dienone is 3. The summed E-state index contributed by atoms with van der Waals surface area (Å²) >= 11 is 0. The molecule has 0 N–H and O–H groups in total. The summed E-state index contributed by atoms with van der Waals surface area (Å²) < 4.78 is 0. The maximum absolute atomic E-state index is 11.8. The second-order valence-corrected chi connectivity index (χ2v) is 3.61. The van der Waals surface area contributed by atoms with Gasteiger partial charge in [0.15, 0.2) is 0 Å². The molecule has 4 heteroatoms. The summed E-state index contributed by atoms with van der Waals surface area (Å²) in [6.07, 6.45) is 6.77. The molecule has 0 aromatic carbocycles. The highest BCUT2D eigenvalue weighted by Gasteiger charge is 2.44. The summed E-state index contributed by atoms with van der Waals surface area (Å²) in [6.45, 7) is 2.32. The molecule has 1 unspecified atom stereocenters. The van der Waals surface area contributed by atoms with E-state index in [1.165, 1.54) is 0 Å². The summed E-state index contributed by atoms with van der Waals surface area (Å²) in [6, 6.07) is 0. The number of carbonyl (C=O) groups is 2. The standard InChI is InChI=1S/C11H13NO3/c1-2-7-15-12-10(13)8-5-3-4-6-9(8)11(12)14/h3-5,9H,2,6-7H2,1H3. The summed E-state index contributed by atoms with van der Waals surface area (Å²) in [5, 5.41) is 0.910. The number of rotatable bonds is 3. The maximum Gasteiger partial charge on any atom is 0.281 e. The van der Waals surface area contributed by atoms with Gasteiger partial charge in [0, 0.05) is 5.57 Å². The maximum atomic E-state index is 11.8. The van der Waals surface area contributed by atoms with Gasteiger partial charge in [0.2, 0.25) is 0 Å². The van der Waals surface area contributed by atoms with E-state index in [4.69, 9.17) is 4.84 Å². The average Bonchev–Trinajstić information content (AvgIpc) is 2.51. The number of hydrogen-bond acceptors (Lipinski definition) is 3. The monoisotopic (exact) mass is 207 g/mol. The second kappa shape index (κ2) is 3.98. The van der Waals surface area contributed by atoms with Gasteiger partial charge < -0.3 is 0 Å². The molecule has 0 bridgehead atoms. The lowest BCUT2D eigenvalue weighted by molar-refractivity contribution is -0.187. The highest BCUT2D eigenvalue weighted by atomic mass is 16.7. The molecule has 80 valence electrons. The Morgan fingerprint density at radius 2 is 2.33 bits per heavy atom. The van der Waals surface area contributed by atoms with Gasteiger partial charge in [0.25, 0.3) is 11.8 Å². The lowest BCUT2D eigenvalue weighted by Gasteiger charge is -2.12. The van der Waals surface area contributed by atoms with Crippen molar-refractivity contribution in [1.29, 1.82) is 0 Å². The summed E-state index contributed by atoms with van der Waals surface area (Å²) in [5.41, 5.74) is 0.554. The minimum absolute atomic E-state index is 0.232. The number of imide groups is 1. The Bertz CT molecular complexity index is 357. The first-order valence-electron chi connectivity index (χ1n) is 5.13. The van der Waals surface area contributed by atoms with Crippen molar-refractivity contribution in [3.05, 3.63) is 23.8 Å². The van der Waals surface area contributed by atoms with Gasteiger partial charge >= 0.3 is 0 Å². The van der Waals surface area contributed by atoms with E-state index in [1.807, 2.05) is 13.0 Å². The quantitative estimate of drug-likeness (QED) is 0.653. The molecule has 1 aliphatic carbocycles. The average molecular weight is 207 g/mol. The predicted molar refractivity (Wildman–Crippen MR) is 53.4 cm³/mol. The molecule has 1 saturated heterocycles. The number of amides is 2. The Morgan fingerprint density at radius 1 is 1.53 bits per heavy atom. The minimum atomic E-state index is -0.320. The molecule has 0 aromatic rings. The molecule has 1 aliphatic heterocycles. The largest absolute Gasteiger partial charge is 0.281 e. The molecule has 1 atom stereocenters. The zero-order chi connectivity index (χ0) is 10.8. The van der Waals surface area contributed by atoms with Crippen LogP contribution < -0.4 is 0 Å². The molecule has 15 heavy (non-hydrogen) atoms. The highest BCUT2D eigenvalue weighted by molar-refractivity contribution is 6.14. The van der Waals surface area contributed by atoms with Crippen LogP contribution in [-0.4, -0.2) is 23.5 Å². The van der Waals surface area contributed by atoms with Gasteiger partial charge in [-0.05, 0) is 12.8 Å². The van der Waals surface area contributed by atoms with Crippen molar-refractivity contribution in [3.63, 3.8) is 0 Å². The van der Waals surface area contributed by atoms with Crippen LogP contribution in [0.15, 0.2) is 23.8 Å².